The normalized spacial score (nSPS) is 19.9. The lowest BCUT2D eigenvalue weighted by molar-refractivity contribution is -0.114. The molecule has 1 unspecified atom stereocenters. The molecule has 0 aromatic carbocycles. The zero-order valence-electron chi connectivity index (χ0n) is 10.6. The first-order valence-corrected chi connectivity index (χ1v) is 5.91. The molecule has 0 bridgehead atoms. The standard InChI is InChI=1S/C12H20FNO3/c1-12(2,3)17-11(16)14-6-4-9(5-7-14)10(13)8-15/h8-10H,4-7H2,1-3H3. The Morgan fingerprint density at radius 1 is 1.41 bits per heavy atom. The molecule has 1 rings (SSSR count). The maximum Gasteiger partial charge on any atom is 0.410 e. The molecular weight excluding hydrogens is 225 g/mol. The summed E-state index contributed by atoms with van der Waals surface area (Å²) >= 11 is 0. The maximum atomic E-state index is 13.1. The van der Waals surface area contributed by atoms with E-state index in [4.69, 9.17) is 4.74 Å². The average molecular weight is 245 g/mol. The van der Waals surface area contributed by atoms with E-state index in [2.05, 4.69) is 0 Å². The van der Waals surface area contributed by atoms with Gasteiger partial charge in [-0.2, -0.15) is 0 Å². The zero-order chi connectivity index (χ0) is 13.1. The van der Waals surface area contributed by atoms with Crippen LogP contribution >= 0.6 is 0 Å². The van der Waals surface area contributed by atoms with Crippen molar-refractivity contribution in [1.29, 1.82) is 0 Å². The van der Waals surface area contributed by atoms with Gasteiger partial charge in [0.1, 0.15) is 5.60 Å². The van der Waals surface area contributed by atoms with Crippen LogP contribution in [0.3, 0.4) is 0 Å². The number of nitrogens with zero attached hydrogens (tertiary/aromatic N) is 1. The summed E-state index contributed by atoms with van der Waals surface area (Å²) in [6.07, 6.45) is -0.403. The minimum atomic E-state index is -1.41. The molecule has 1 amide bonds. The molecule has 0 aromatic heterocycles. The molecule has 4 nitrogen and oxygen atoms in total. The number of ether oxygens (including phenoxy) is 1. The Morgan fingerprint density at radius 2 is 1.94 bits per heavy atom. The minimum Gasteiger partial charge on any atom is -0.444 e. The molecule has 17 heavy (non-hydrogen) atoms. The summed E-state index contributed by atoms with van der Waals surface area (Å²) < 4.78 is 18.3. The molecule has 1 atom stereocenters. The van der Waals surface area contributed by atoms with E-state index >= 15 is 0 Å². The van der Waals surface area contributed by atoms with Gasteiger partial charge in [0.05, 0.1) is 0 Å². The van der Waals surface area contributed by atoms with Crippen LogP contribution in [0, 0.1) is 5.92 Å². The lowest BCUT2D eigenvalue weighted by atomic mass is 9.93. The first-order valence-electron chi connectivity index (χ1n) is 5.91. The van der Waals surface area contributed by atoms with Gasteiger partial charge in [0, 0.05) is 19.0 Å². The number of hydrogen-bond acceptors (Lipinski definition) is 3. The van der Waals surface area contributed by atoms with E-state index in [0.29, 0.717) is 32.2 Å². The molecule has 1 fully saturated rings. The SMILES string of the molecule is CC(C)(C)OC(=O)N1CCC(C(F)C=O)CC1. The molecule has 0 saturated carbocycles. The summed E-state index contributed by atoms with van der Waals surface area (Å²) in [5.74, 6) is -0.258. The molecule has 98 valence electrons. The van der Waals surface area contributed by atoms with Crippen molar-refractivity contribution in [2.75, 3.05) is 13.1 Å². The summed E-state index contributed by atoms with van der Waals surface area (Å²) in [7, 11) is 0. The average Bonchev–Trinajstić information content (AvgIpc) is 2.26. The van der Waals surface area contributed by atoms with Gasteiger partial charge in [0.25, 0.3) is 0 Å². The summed E-state index contributed by atoms with van der Waals surface area (Å²) in [5.41, 5.74) is -0.515. The molecule has 5 heteroatoms. The van der Waals surface area contributed by atoms with Gasteiger partial charge in [-0.1, -0.05) is 0 Å². The van der Waals surface area contributed by atoms with Crippen LogP contribution in [-0.4, -0.2) is 42.1 Å². The van der Waals surface area contributed by atoms with Gasteiger partial charge in [0.2, 0.25) is 0 Å². The van der Waals surface area contributed by atoms with E-state index in [1.807, 2.05) is 20.8 Å². The third-order valence-electron chi connectivity index (χ3n) is 2.77. The summed E-state index contributed by atoms with van der Waals surface area (Å²) in [6, 6.07) is 0. The van der Waals surface area contributed by atoms with Crippen LogP contribution in [0.25, 0.3) is 0 Å². The largest absolute Gasteiger partial charge is 0.444 e. The number of aldehydes is 1. The highest BCUT2D eigenvalue weighted by Gasteiger charge is 2.30. The van der Waals surface area contributed by atoms with Crippen LogP contribution in [-0.2, 0) is 9.53 Å². The van der Waals surface area contributed by atoms with Crippen LogP contribution in [0.2, 0.25) is 0 Å². The van der Waals surface area contributed by atoms with E-state index in [-0.39, 0.29) is 12.0 Å². The number of amides is 1. The number of carbonyl (C=O) groups is 2. The number of halogens is 1. The Bertz CT molecular complexity index is 280. The fraction of sp³-hybridized carbons (Fsp3) is 0.833. The molecule has 0 aliphatic carbocycles. The van der Waals surface area contributed by atoms with Gasteiger partial charge >= 0.3 is 6.09 Å². The van der Waals surface area contributed by atoms with Crippen LogP contribution in [0.1, 0.15) is 33.6 Å². The van der Waals surface area contributed by atoms with Crippen LogP contribution in [0.15, 0.2) is 0 Å². The van der Waals surface area contributed by atoms with Gasteiger partial charge in [-0.05, 0) is 33.6 Å². The van der Waals surface area contributed by atoms with Crippen LogP contribution in [0.4, 0.5) is 9.18 Å². The van der Waals surface area contributed by atoms with E-state index in [1.54, 1.807) is 4.90 Å². The zero-order valence-corrected chi connectivity index (χ0v) is 10.6. The highest BCUT2D eigenvalue weighted by Crippen LogP contribution is 2.23. The van der Waals surface area contributed by atoms with E-state index in [1.165, 1.54) is 0 Å². The van der Waals surface area contributed by atoms with Crippen LogP contribution in [0.5, 0.6) is 0 Å². The Morgan fingerprint density at radius 3 is 2.35 bits per heavy atom. The minimum absolute atomic E-state index is 0.258. The highest BCUT2D eigenvalue weighted by molar-refractivity contribution is 5.68. The molecule has 0 radical (unpaired) electrons. The Labute approximate surface area is 101 Å². The second-order valence-electron chi connectivity index (χ2n) is 5.39. The Hall–Kier alpha value is -1.13. The van der Waals surface area contributed by atoms with E-state index < -0.39 is 11.8 Å². The van der Waals surface area contributed by atoms with E-state index in [9.17, 15) is 14.0 Å². The molecule has 0 aromatic rings. The van der Waals surface area contributed by atoms with Crippen molar-refractivity contribution in [2.24, 2.45) is 5.92 Å². The third-order valence-corrected chi connectivity index (χ3v) is 2.77. The Balaban J connectivity index is 2.41. The van der Waals surface area contributed by atoms with Crippen molar-refractivity contribution in [3.63, 3.8) is 0 Å². The molecule has 0 spiro atoms. The van der Waals surface area contributed by atoms with Crippen LogP contribution < -0.4 is 0 Å². The molecule has 1 heterocycles. The van der Waals surface area contributed by atoms with Crippen molar-refractivity contribution in [1.82, 2.24) is 4.90 Å². The third kappa shape index (κ3) is 4.32. The van der Waals surface area contributed by atoms with Gasteiger partial charge in [-0.15, -0.1) is 0 Å². The first-order chi connectivity index (χ1) is 7.83. The van der Waals surface area contributed by atoms with Crippen molar-refractivity contribution in [3.8, 4) is 0 Å². The van der Waals surface area contributed by atoms with Crippen molar-refractivity contribution >= 4 is 12.4 Å². The summed E-state index contributed by atoms with van der Waals surface area (Å²) in [6.45, 7) is 6.33. The van der Waals surface area contributed by atoms with Gasteiger partial charge in [0.15, 0.2) is 12.5 Å². The topological polar surface area (TPSA) is 46.6 Å². The molecule has 1 saturated heterocycles. The number of alkyl halides is 1. The quantitative estimate of drug-likeness (QED) is 0.700. The number of rotatable bonds is 2. The smallest absolute Gasteiger partial charge is 0.410 e. The number of carbonyl (C=O) groups excluding carboxylic acids is 2. The number of piperidine rings is 1. The fourth-order valence-corrected chi connectivity index (χ4v) is 1.84. The van der Waals surface area contributed by atoms with Gasteiger partial charge < -0.3 is 14.4 Å². The Kier molecular flexibility index (Phi) is 4.48. The number of likely N-dealkylation sites (tertiary alicyclic amines) is 1. The second kappa shape index (κ2) is 5.47. The summed E-state index contributed by atoms with van der Waals surface area (Å²) in [5, 5.41) is 0. The maximum absolute atomic E-state index is 13.1. The summed E-state index contributed by atoms with van der Waals surface area (Å²) in [4.78, 5) is 23.6. The molecule has 1 aliphatic heterocycles. The van der Waals surface area contributed by atoms with Gasteiger partial charge in [-0.25, -0.2) is 9.18 Å². The first kappa shape index (κ1) is 13.9. The van der Waals surface area contributed by atoms with Crippen molar-refractivity contribution in [3.05, 3.63) is 0 Å². The monoisotopic (exact) mass is 245 g/mol. The predicted molar refractivity (Wildman–Crippen MR) is 61.5 cm³/mol. The molecule has 0 N–H and O–H groups in total. The van der Waals surface area contributed by atoms with Gasteiger partial charge in [-0.3, -0.25) is 0 Å². The highest BCUT2D eigenvalue weighted by atomic mass is 19.1. The second-order valence-corrected chi connectivity index (χ2v) is 5.39. The lowest BCUT2D eigenvalue weighted by Gasteiger charge is -2.33. The molecule has 1 aliphatic rings. The number of hydrogen-bond donors (Lipinski definition) is 0. The fourth-order valence-electron chi connectivity index (χ4n) is 1.84. The van der Waals surface area contributed by atoms with Crippen molar-refractivity contribution in [2.45, 2.75) is 45.4 Å². The van der Waals surface area contributed by atoms with Crippen molar-refractivity contribution < 1.29 is 18.7 Å². The van der Waals surface area contributed by atoms with E-state index in [0.717, 1.165) is 0 Å². The predicted octanol–water partition coefficient (Wildman–Crippen LogP) is 2.17. The lowest BCUT2D eigenvalue weighted by Crippen LogP contribution is -2.43. The molecular formula is C12H20FNO3.